The van der Waals surface area contributed by atoms with Crippen molar-refractivity contribution in [3.05, 3.63) is 60.6 Å². The molecular formula is C20H15NO5. The van der Waals surface area contributed by atoms with Gasteiger partial charge in [0.05, 0.1) is 23.8 Å². The molecule has 0 radical (unpaired) electrons. The summed E-state index contributed by atoms with van der Waals surface area (Å²) < 4.78 is 10.3. The largest absolute Gasteiger partial charge is 0.457 e. The lowest BCUT2D eigenvalue weighted by Crippen LogP contribution is -2.32. The first kappa shape index (κ1) is 15.1. The van der Waals surface area contributed by atoms with Crippen LogP contribution in [-0.4, -0.2) is 17.8 Å². The van der Waals surface area contributed by atoms with Crippen LogP contribution >= 0.6 is 0 Å². The summed E-state index contributed by atoms with van der Waals surface area (Å²) in [5.74, 6) is -0.817. The molecular weight excluding hydrogens is 334 g/mol. The number of fused-ring (bicyclic) bond motifs is 5. The van der Waals surface area contributed by atoms with Crippen molar-refractivity contribution >= 4 is 23.5 Å². The molecule has 2 bridgehead atoms. The van der Waals surface area contributed by atoms with Gasteiger partial charge in [0.1, 0.15) is 5.75 Å². The number of amides is 2. The normalized spacial score (nSPS) is 28.7. The second-order valence-corrected chi connectivity index (χ2v) is 6.88. The summed E-state index contributed by atoms with van der Waals surface area (Å²) in [5, 5.41) is 0. The van der Waals surface area contributed by atoms with E-state index in [2.05, 4.69) is 12.2 Å². The van der Waals surface area contributed by atoms with E-state index in [9.17, 15) is 14.4 Å². The van der Waals surface area contributed by atoms with Gasteiger partial charge in [-0.1, -0.05) is 18.2 Å². The van der Waals surface area contributed by atoms with E-state index in [1.54, 1.807) is 24.3 Å². The molecule has 0 unspecified atom stereocenters. The molecule has 1 aromatic carbocycles. The van der Waals surface area contributed by atoms with Gasteiger partial charge in [-0.05, 0) is 42.5 Å². The minimum atomic E-state index is -0.634. The van der Waals surface area contributed by atoms with Gasteiger partial charge in [0.2, 0.25) is 17.6 Å². The van der Waals surface area contributed by atoms with Crippen molar-refractivity contribution in [2.45, 2.75) is 6.42 Å². The Balaban J connectivity index is 1.42. The van der Waals surface area contributed by atoms with Gasteiger partial charge in [0.25, 0.3) is 0 Å². The Labute approximate surface area is 149 Å². The number of hydrogen-bond donors (Lipinski definition) is 0. The van der Waals surface area contributed by atoms with E-state index in [4.69, 9.17) is 9.15 Å². The molecule has 2 fully saturated rings. The number of anilines is 1. The molecule has 2 aromatic rings. The molecule has 6 heteroatoms. The van der Waals surface area contributed by atoms with Crippen LogP contribution in [0.25, 0.3) is 0 Å². The van der Waals surface area contributed by atoms with Crippen LogP contribution in [0.15, 0.2) is 59.2 Å². The Kier molecular flexibility index (Phi) is 3.16. The van der Waals surface area contributed by atoms with Gasteiger partial charge in [0.15, 0.2) is 0 Å². The molecule has 6 nitrogen and oxygen atoms in total. The quantitative estimate of drug-likeness (QED) is 0.369. The highest BCUT2D eigenvalue weighted by Gasteiger charge is 2.59. The second-order valence-electron chi connectivity index (χ2n) is 6.88. The summed E-state index contributed by atoms with van der Waals surface area (Å²) in [6, 6.07) is 9.56. The second kappa shape index (κ2) is 5.42. The molecule has 2 amide bonds. The van der Waals surface area contributed by atoms with Crippen LogP contribution in [0.5, 0.6) is 5.75 Å². The van der Waals surface area contributed by atoms with E-state index in [1.165, 1.54) is 23.3 Å². The topological polar surface area (TPSA) is 76.8 Å². The zero-order chi connectivity index (χ0) is 17.8. The molecule has 5 rings (SSSR count). The highest BCUT2D eigenvalue weighted by Crippen LogP contribution is 2.53. The first-order valence-corrected chi connectivity index (χ1v) is 8.55. The van der Waals surface area contributed by atoms with E-state index in [0.29, 0.717) is 5.69 Å². The lowest BCUT2D eigenvalue weighted by molar-refractivity contribution is -0.123. The standard InChI is InChI=1S/C20H15NO5/c22-18-16-11-6-7-12(9-11)17(16)19(23)21(18)13-3-1-4-14(10-13)26-20(24)15-5-2-8-25-15/h1-8,10-12,16-17H,9H2/t11-,12-,16-,17+/m0/s1. The fraction of sp³-hybridized carbons (Fsp3) is 0.250. The van der Waals surface area contributed by atoms with Crippen molar-refractivity contribution in [2.24, 2.45) is 23.7 Å². The van der Waals surface area contributed by atoms with Crippen LogP contribution < -0.4 is 9.64 Å². The number of nitrogens with zero attached hydrogens (tertiary/aromatic N) is 1. The Bertz CT molecular complexity index is 915. The molecule has 26 heavy (non-hydrogen) atoms. The van der Waals surface area contributed by atoms with Crippen molar-refractivity contribution in [2.75, 3.05) is 4.90 Å². The minimum Gasteiger partial charge on any atom is -0.457 e. The average Bonchev–Trinajstić information content (AvgIpc) is 3.39. The highest BCUT2D eigenvalue weighted by atomic mass is 16.5. The number of esters is 1. The number of benzene rings is 1. The molecule has 1 aliphatic heterocycles. The van der Waals surface area contributed by atoms with E-state index in [0.717, 1.165) is 6.42 Å². The minimum absolute atomic E-state index is 0.0842. The van der Waals surface area contributed by atoms with Crippen molar-refractivity contribution in [3.63, 3.8) is 0 Å². The van der Waals surface area contributed by atoms with Gasteiger partial charge < -0.3 is 9.15 Å². The van der Waals surface area contributed by atoms with E-state index in [1.807, 2.05) is 0 Å². The van der Waals surface area contributed by atoms with Gasteiger partial charge in [0, 0.05) is 6.07 Å². The van der Waals surface area contributed by atoms with Crippen molar-refractivity contribution < 1.29 is 23.5 Å². The molecule has 2 heterocycles. The van der Waals surface area contributed by atoms with Crippen LogP contribution in [0.2, 0.25) is 0 Å². The number of imide groups is 1. The lowest BCUT2D eigenvalue weighted by atomic mass is 9.85. The monoisotopic (exact) mass is 349 g/mol. The third-order valence-corrected chi connectivity index (χ3v) is 5.48. The predicted molar refractivity (Wildman–Crippen MR) is 90.3 cm³/mol. The molecule has 2 aliphatic carbocycles. The zero-order valence-corrected chi connectivity index (χ0v) is 13.7. The Morgan fingerprint density at radius 1 is 1.04 bits per heavy atom. The summed E-state index contributed by atoms with van der Waals surface area (Å²) in [6.07, 6.45) is 6.39. The molecule has 0 spiro atoms. The number of hydrogen-bond acceptors (Lipinski definition) is 5. The summed E-state index contributed by atoms with van der Waals surface area (Å²) in [6.45, 7) is 0. The SMILES string of the molecule is O=C(Oc1cccc(N2C(=O)[C@@H]3[C@H](C2=O)[C@H]2C=C[C@H]3C2)c1)c1ccco1. The summed E-state index contributed by atoms with van der Waals surface area (Å²) in [4.78, 5) is 39.0. The maximum atomic E-state index is 12.9. The number of ether oxygens (including phenoxy) is 1. The number of carbonyl (C=O) groups excluding carboxylic acids is 3. The number of allylic oxidation sites excluding steroid dienone is 2. The van der Waals surface area contributed by atoms with E-state index in [-0.39, 0.29) is 47.0 Å². The molecule has 0 N–H and O–H groups in total. The molecule has 1 aromatic heterocycles. The van der Waals surface area contributed by atoms with Crippen LogP contribution in [-0.2, 0) is 9.59 Å². The summed E-state index contributed by atoms with van der Waals surface area (Å²) in [5.41, 5.74) is 0.429. The summed E-state index contributed by atoms with van der Waals surface area (Å²) in [7, 11) is 0. The molecule has 3 aliphatic rings. The van der Waals surface area contributed by atoms with Gasteiger partial charge in [-0.2, -0.15) is 0 Å². The van der Waals surface area contributed by atoms with Gasteiger partial charge in [-0.15, -0.1) is 0 Å². The van der Waals surface area contributed by atoms with Crippen LogP contribution in [0.3, 0.4) is 0 Å². The van der Waals surface area contributed by atoms with Crippen LogP contribution in [0, 0.1) is 23.7 Å². The van der Waals surface area contributed by atoms with E-state index < -0.39 is 5.97 Å². The lowest BCUT2D eigenvalue weighted by Gasteiger charge is -2.17. The van der Waals surface area contributed by atoms with Crippen molar-refractivity contribution in [1.29, 1.82) is 0 Å². The van der Waals surface area contributed by atoms with Gasteiger partial charge in [-0.3, -0.25) is 9.59 Å². The maximum absolute atomic E-state index is 12.9. The first-order valence-electron chi connectivity index (χ1n) is 8.55. The smallest absolute Gasteiger partial charge is 0.379 e. The number of rotatable bonds is 3. The predicted octanol–water partition coefficient (Wildman–Crippen LogP) is 2.81. The van der Waals surface area contributed by atoms with Crippen molar-refractivity contribution in [3.8, 4) is 5.75 Å². The average molecular weight is 349 g/mol. The Hall–Kier alpha value is -3.15. The van der Waals surface area contributed by atoms with Gasteiger partial charge >= 0.3 is 5.97 Å². The molecule has 130 valence electrons. The molecule has 1 saturated carbocycles. The Morgan fingerprint density at radius 2 is 1.77 bits per heavy atom. The van der Waals surface area contributed by atoms with Crippen LogP contribution in [0.4, 0.5) is 5.69 Å². The fourth-order valence-corrected chi connectivity index (χ4v) is 4.39. The fourth-order valence-electron chi connectivity index (χ4n) is 4.39. The van der Waals surface area contributed by atoms with E-state index >= 15 is 0 Å². The van der Waals surface area contributed by atoms with Crippen LogP contribution in [0.1, 0.15) is 17.0 Å². The zero-order valence-electron chi connectivity index (χ0n) is 13.7. The summed E-state index contributed by atoms with van der Waals surface area (Å²) >= 11 is 0. The first-order chi connectivity index (χ1) is 12.6. The number of furan rings is 1. The Morgan fingerprint density at radius 3 is 2.42 bits per heavy atom. The number of carbonyl (C=O) groups is 3. The van der Waals surface area contributed by atoms with Gasteiger partial charge in [-0.25, -0.2) is 9.69 Å². The highest BCUT2D eigenvalue weighted by molar-refractivity contribution is 6.22. The third kappa shape index (κ3) is 2.08. The molecule has 1 saturated heterocycles. The molecule has 4 atom stereocenters. The maximum Gasteiger partial charge on any atom is 0.379 e. The van der Waals surface area contributed by atoms with Crippen molar-refractivity contribution in [1.82, 2.24) is 0 Å². The third-order valence-electron chi connectivity index (χ3n) is 5.48.